The van der Waals surface area contributed by atoms with Gasteiger partial charge in [0.2, 0.25) is 35.4 Å². The summed E-state index contributed by atoms with van der Waals surface area (Å²) < 4.78 is 43.2. The lowest BCUT2D eigenvalue weighted by atomic mass is 10.0. The lowest BCUT2D eigenvalue weighted by Gasteiger charge is -2.25. The van der Waals surface area contributed by atoms with E-state index in [2.05, 4.69) is 74.4 Å². The van der Waals surface area contributed by atoms with E-state index < -0.39 is 165 Å². The summed E-state index contributed by atoms with van der Waals surface area (Å²) >= 11 is 0. The van der Waals surface area contributed by atoms with Crippen LogP contribution >= 0.6 is 0 Å². The summed E-state index contributed by atoms with van der Waals surface area (Å²) in [6.07, 6.45) is 9.10. The molecule has 718 valence electrons. The standard InChI is InChI=1S/C88H164N14O22/c1-81(2,3)117-73(109)93-57-43-35-49-63(99-77(113)121-85(13,14)15)69(105)91-55-41-33-47-61(97-71(107)65(101-79(115)123-87(19,20)21)51-37-45-59-95-75(111)119-83(7,8)9)67(103)89-53-39-31-29-27-25-26-28-30-32-40-54-90-68(104)62(98-72(108)66(102-80(116)124-88(22,23)24)52-38-46-60-96-76(112)120-84(10,11)12)48-34-42-56-92-70(106)64(100-78(114)122-86(16,17)18)50-36-44-58-94-74(110)118-82(4,5)6/h61-66H,25-60H2,1-24H3,(H,89,103)(H,90,104)(H,91,105)(H,92,106)(H,93,109)(H,94,110)(H,95,111)(H,96,112)(H,97,107)(H,98,108)(H,99,113)(H,100,114)(H,101,115)(H,102,116)/t61-,62-,63-,64-,65-,66-/m0/s1. The van der Waals surface area contributed by atoms with Crippen LogP contribution in [0.1, 0.15) is 346 Å². The van der Waals surface area contributed by atoms with Gasteiger partial charge in [-0.15, -0.1) is 0 Å². The van der Waals surface area contributed by atoms with E-state index in [1.807, 2.05) is 0 Å². The third-order valence-electron chi connectivity index (χ3n) is 17.3. The van der Waals surface area contributed by atoms with Crippen molar-refractivity contribution in [1.29, 1.82) is 0 Å². The molecule has 0 fully saturated rings. The molecule has 0 saturated carbocycles. The number of carbonyl (C=O) groups is 14. The smallest absolute Gasteiger partial charge is 0.408 e. The molecule has 0 aliphatic rings. The fraction of sp³-hybridized carbons (Fsp3) is 0.841. The summed E-state index contributed by atoms with van der Waals surface area (Å²) in [5, 5.41) is 38.9. The first-order valence-corrected chi connectivity index (χ1v) is 44.9. The van der Waals surface area contributed by atoms with Gasteiger partial charge in [0.05, 0.1) is 0 Å². The van der Waals surface area contributed by atoms with Crippen molar-refractivity contribution in [3.63, 3.8) is 0 Å². The van der Waals surface area contributed by atoms with Crippen LogP contribution in [-0.4, -0.2) is 218 Å². The minimum absolute atomic E-state index is 0.136. The van der Waals surface area contributed by atoms with Crippen LogP contribution in [0.4, 0.5) is 38.4 Å². The molecule has 0 spiro atoms. The van der Waals surface area contributed by atoms with Gasteiger partial charge >= 0.3 is 48.7 Å². The largest absolute Gasteiger partial charge is 0.444 e. The summed E-state index contributed by atoms with van der Waals surface area (Å²) in [6, 6.07) is -6.29. The highest BCUT2D eigenvalue weighted by Gasteiger charge is 2.33. The summed E-state index contributed by atoms with van der Waals surface area (Å²) in [7, 11) is 0. The number of rotatable bonds is 55. The molecule has 0 saturated heterocycles. The van der Waals surface area contributed by atoms with Crippen molar-refractivity contribution < 1.29 is 105 Å². The quantitative estimate of drug-likeness (QED) is 0.0199. The van der Waals surface area contributed by atoms with E-state index >= 15 is 0 Å². The van der Waals surface area contributed by atoms with Gasteiger partial charge in [-0.25, -0.2) is 38.4 Å². The Balaban J connectivity index is 6.20. The Hall–Kier alpha value is -9.02. The Morgan fingerprint density at radius 1 is 0.161 bits per heavy atom. The molecule has 0 aliphatic heterocycles. The predicted octanol–water partition coefficient (Wildman–Crippen LogP) is 13.0. The lowest BCUT2D eigenvalue weighted by molar-refractivity contribution is -0.130. The second kappa shape index (κ2) is 59.0. The average molecular weight is 1770 g/mol. The van der Waals surface area contributed by atoms with Crippen LogP contribution in [0.25, 0.3) is 0 Å². The van der Waals surface area contributed by atoms with Crippen molar-refractivity contribution in [2.24, 2.45) is 0 Å². The highest BCUT2D eigenvalue weighted by molar-refractivity contribution is 5.92. The Bertz CT molecular complexity index is 3010. The Morgan fingerprint density at radius 3 is 0.460 bits per heavy atom. The van der Waals surface area contributed by atoms with Crippen LogP contribution in [0.3, 0.4) is 0 Å². The maximum atomic E-state index is 14.2. The first-order chi connectivity index (χ1) is 57.3. The third-order valence-corrected chi connectivity index (χ3v) is 17.3. The summed E-state index contributed by atoms with van der Waals surface area (Å²) in [5.41, 5.74) is -6.21. The summed E-state index contributed by atoms with van der Waals surface area (Å²) in [5.74, 6) is -3.05. The van der Waals surface area contributed by atoms with Crippen LogP contribution in [-0.2, 0) is 66.7 Å². The Labute approximate surface area is 739 Å². The topological polar surface area (TPSA) is 481 Å². The van der Waals surface area contributed by atoms with Crippen molar-refractivity contribution in [2.45, 2.75) is 427 Å². The van der Waals surface area contributed by atoms with Crippen molar-refractivity contribution in [1.82, 2.24) is 74.4 Å². The normalized spacial score (nSPS) is 13.5. The number of hydrogen-bond acceptors (Lipinski definition) is 22. The molecule has 0 heterocycles. The predicted molar refractivity (Wildman–Crippen MR) is 475 cm³/mol. The van der Waals surface area contributed by atoms with E-state index in [-0.39, 0.29) is 77.8 Å². The SMILES string of the molecule is CC(C)(C)OC(=O)NCCCC[C@H](NC(=O)OC(C)(C)C)C(=O)NCCCC[C@H](NC(=O)[C@H](CCCCNC(=O)OC(C)(C)C)NC(=O)OC(C)(C)C)C(=O)NCCCCCCCCCCCCNC(=O)[C@H](CCCCNC(=O)[C@H](CCCCNC(=O)OC(C)(C)C)NC(=O)OC(C)(C)C)NC(=O)[C@H](CCCCNC(=O)OC(C)(C)C)NC(=O)OC(C)(C)C. The molecule has 36 nitrogen and oxygen atoms in total. The minimum atomic E-state index is -1.13. The minimum Gasteiger partial charge on any atom is -0.444 e. The van der Waals surface area contributed by atoms with Gasteiger partial charge in [-0.1, -0.05) is 51.4 Å². The fourth-order valence-electron chi connectivity index (χ4n) is 11.8. The van der Waals surface area contributed by atoms with E-state index in [1.165, 1.54) is 0 Å². The second-order valence-electron chi connectivity index (χ2n) is 39.3. The van der Waals surface area contributed by atoms with Crippen LogP contribution in [0.15, 0.2) is 0 Å². The summed E-state index contributed by atoms with van der Waals surface area (Å²) in [6.45, 7) is 43.4. The number of ether oxygens (including phenoxy) is 8. The van der Waals surface area contributed by atoms with Crippen molar-refractivity contribution in [3.05, 3.63) is 0 Å². The number of alkyl carbamates (subject to hydrolysis) is 8. The van der Waals surface area contributed by atoms with Gasteiger partial charge in [0.15, 0.2) is 0 Å². The molecule has 0 unspecified atom stereocenters. The number of unbranched alkanes of at least 4 members (excludes halogenated alkanes) is 15. The van der Waals surface area contributed by atoms with Gasteiger partial charge in [0, 0.05) is 52.4 Å². The molecule has 0 aliphatic carbocycles. The third kappa shape index (κ3) is 68.3. The molecule has 14 N–H and O–H groups in total. The van der Waals surface area contributed by atoms with Gasteiger partial charge in [-0.05, 0) is 295 Å². The zero-order chi connectivity index (χ0) is 94.6. The molecule has 0 aromatic heterocycles. The first-order valence-electron chi connectivity index (χ1n) is 44.9. The van der Waals surface area contributed by atoms with Crippen LogP contribution in [0.2, 0.25) is 0 Å². The number of hydrogen-bond donors (Lipinski definition) is 14. The Kier molecular flexibility index (Phi) is 54.7. The van der Waals surface area contributed by atoms with Gasteiger partial charge in [-0.3, -0.25) is 28.8 Å². The van der Waals surface area contributed by atoms with Crippen molar-refractivity contribution >= 4 is 84.2 Å². The maximum Gasteiger partial charge on any atom is 0.408 e. The zero-order valence-electron chi connectivity index (χ0n) is 79.9. The zero-order valence-corrected chi connectivity index (χ0v) is 79.9. The highest BCUT2D eigenvalue weighted by atomic mass is 16.6. The number of carbonyl (C=O) groups excluding carboxylic acids is 14. The lowest BCUT2D eigenvalue weighted by Crippen LogP contribution is -2.54. The van der Waals surface area contributed by atoms with Crippen LogP contribution < -0.4 is 74.4 Å². The average Bonchev–Trinajstić information content (AvgIpc) is 0.858. The van der Waals surface area contributed by atoms with E-state index in [9.17, 15) is 67.1 Å². The number of nitrogens with one attached hydrogen (secondary N) is 14. The fourth-order valence-corrected chi connectivity index (χ4v) is 11.8. The molecular weight excluding hydrogens is 1610 g/mol. The van der Waals surface area contributed by atoms with Gasteiger partial charge in [-0.2, -0.15) is 0 Å². The van der Waals surface area contributed by atoms with Crippen molar-refractivity contribution in [2.75, 3.05) is 52.4 Å². The van der Waals surface area contributed by atoms with Crippen LogP contribution in [0.5, 0.6) is 0 Å². The monoisotopic (exact) mass is 1770 g/mol. The molecule has 0 rings (SSSR count). The first kappa shape index (κ1) is 115. The van der Waals surface area contributed by atoms with Gasteiger partial charge in [0.1, 0.15) is 81.1 Å². The van der Waals surface area contributed by atoms with E-state index in [0.29, 0.717) is 103 Å². The van der Waals surface area contributed by atoms with E-state index in [0.717, 1.165) is 51.4 Å². The van der Waals surface area contributed by atoms with Crippen molar-refractivity contribution in [3.8, 4) is 0 Å². The van der Waals surface area contributed by atoms with Crippen LogP contribution in [0, 0.1) is 0 Å². The highest BCUT2D eigenvalue weighted by Crippen LogP contribution is 2.19. The van der Waals surface area contributed by atoms with Gasteiger partial charge < -0.3 is 112 Å². The maximum absolute atomic E-state index is 14.2. The van der Waals surface area contributed by atoms with E-state index in [1.54, 1.807) is 166 Å². The number of amides is 14. The molecule has 6 atom stereocenters. The molecular formula is C88H164N14O22. The Morgan fingerprint density at radius 2 is 0.290 bits per heavy atom. The molecule has 0 radical (unpaired) electrons. The molecule has 36 heteroatoms. The summed E-state index contributed by atoms with van der Waals surface area (Å²) in [4.78, 5) is 185. The molecule has 0 aromatic carbocycles. The van der Waals surface area contributed by atoms with E-state index in [4.69, 9.17) is 37.9 Å². The van der Waals surface area contributed by atoms with Gasteiger partial charge in [0.25, 0.3) is 0 Å². The molecule has 0 aromatic rings. The molecule has 124 heavy (non-hydrogen) atoms. The molecule has 14 amide bonds. The molecule has 0 bridgehead atoms. The second-order valence-corrected chi connectivity index (χ2v) is 39.3.